The Balaban J connectivity index is 0.00000392. The average Bonchev–Trinajstić information content (AvgIpc) is 2.69. The summed E-state index contributed by atoms with van der Waals surface area (Å²) in [6.45, 7) is 8.22. The van der Waals surface area contributed by atoms with Crippen LogP contribution < -0.4 is 20.1 Å². The summed E-state index contributed by atoms with van der Waals surface area (Å²) < 4.78 is 10.4. The molecule has 0 unspecified atom stereocenters. The number of benzene rings is 1. The summed E-state index contributed by atoms with van der Waals surface area (Å²) in [6, 6.07) is 3.58. The Kier molecular flexibility index (Phi) is 10.2. The summed E-state index contributed by atoms with van der Waals surface area (Å²) in [4.78, 5) is 6.87. The van der Waals surface area contributed by atoms with Gasteiger partial charge in [0.1, 0.15) is 0 Å². The number of hydrogen-bond donors (Lipinski definition) is 3. The second-order valence-electron chi connectivity index (χ2n) is 7.49. The average molecular weight is 506 g/mol. The quantitative estimate of drug-likeness (QED) is 0.300. The van der Waals surface area contributed by atoms with Gasteiger partial charge in [0.2, 0.25) is 5.75 Å². The normalized spacial score (nSPS) is 15.5. The van der Waals surface area contributed by atoms with Crippen LogP contribution in [0.2, 0.25) is 0 Å². The first-order valence-electron chi connectivity index (χ1n) is 9.54. The van der Waals surface area contributed by atoms with Crippen molar-refractivity contribution in [2.75, 3.05) is 40.9 Å². The number of phenolic OH excluding ortho intramolecular Hbond substituents is 1. The molecule has 28 heavy (non-hydrogen) atoms. The van der Waals surface area contributed by atoms with Crippen LogP contribution in [0.4, 0.5) is 0 Å². The first-order valence-corrected chi connectivity index (χ1v) is 9.54. The van der Waals surface area contributed by atoms with Gasteiger partial charge in [-0.25, -0.2) is 0 Å². The number of ether oxygens (including phenoxy) is 2. The molecule has 0 atom stereocenters. The van der Waals surface area contributed by atoms with Gasteiger partial charge in [0, 0.05) is 25.7 Å². The molecule has 0 amide bonds. The van der Waals surface area contributed by atoms with E-state index >= 15 is 0 Å². The molecule has 0 aromatic heterocycles. The van der Waals surface area contributed by atoms with Crippen LogP contribution in [-0.2, 0) is 6.54 Å². The van der Waals surface area contributed by atoms with Gasteiger partial charge in [-0.05, 0) is 57.5 Å². The third kappa shape index (κ3) is 6.58. The van der Waals surface area contributed by atoms with Crippen LogP contribution in [0.3, 0.4) is 0 Å². The largest absolute Gasteiger partial charge is 0.502 e. The molecular weight excluding hydrogens is 471 g/mol. The Morgan fingerprint density at radius 1 is 1.11 bits per heavy atom. The number of phenols is 1. The van der Waals surface area contributed by atoms with E-state index in [0.29, 0.717) is 18.0 Å². The molecule has 0 spiro atoms. The molecule has 1 fully saturated rings. The molecule has 0 bridgehead atoms. The molecule has 7 nitrogen and oxygen atoms in total. The number of hydrogen-bond acceptors (Lipinski definition) is 5. The fraction of sp³-hybridized carbons (Fsp3) is 0.650. The van der Waals surface area contributed by atoms with E-state index in [-0.39, 0.29) is 35.3 Å². The summed E-state index contributed by atoms with van der Waals surface area (Å²) >= 11 is 0. The minimum atomic E-state index is 0. The minimum Gasteiger partial charge on any atom is -0.502 e. The van der Waals surface area contributed by atoms with Crippen molar-refractivity contribution in [1.82, 2.24) is 15.5 Å². The van der Waals surface area contributed by atoms with Crippen LogP contribution in [0.15, 0.2) is 17.1 Å². The maximum atomic E-state index is 10.0. The summed E-state index contributed by atoms with van der Waals surface area (Å²) in [5.74, 6) is 1.53. The van der Waals surface area contributed by atoms with E-state index in [1.165, 1.54) is 33.5 Å². The number of piperidine rings is 1. The Bertz CT molecular complexity index is 621. The van der Waals surface area contributed by atoms with E-state index in [9.17, 15) is 5.11 Å². The zero-order valence-electron chi connectivity index (χ0n) is 17.7. The Morgan fingerprint density at radius 2 is 1.68 bits per heavy atom. The van der Waals surface area contributed by atoms with E-state index in [4.69, 9.17) is 9.47 Å². The summed E-state index contributed by atoms with van der Waals surface area (Å²) in [5.41, 5.74) is 1.00. The Hall–Kier alpha value is -1.42. The molecule has 2 rings (SSSR count). The zero-order chi connectivity index (χ0) is 19.9. The Labute approximate surface area is 185 Å². The van der Waals surface area contributed by atoms with Crippen molar-refractivity contribution in [3.8, 4) is 17.2 Å². The number of aliphatic imine (C=N–C) groups is 1. The first kappa shape index (κ1) is 24.6. The molecular formula is C20H35IN4O3. The van der Waals surface area contributed by atoms with Gasteiger partial charge >= 0.3 is 0 Å². The molecule has 1 aliphatic heterocycles. The predicted octanol–water partition coefficient (Wildman–Crippen LogP) is 2.96. The molecule has 0 radical (unpaired) electrons. The highest BCUT2D eigenvalue weighted by atomic mass is 127. The van der Waals surface area contributed by atoms with Crippen molar-refractivity contribution < 1.29 is 14.6 Å². The number of halogens is 1. The highest BCUT2D eigenvalue weighted by Crippen LogP contribution is 2.37. The van der Waals surface area contributed by atoms with E-state index in [0.717, 1.165) is 31.2 Å². The SMILES string of the molecule is CN=C(NCc1cc(OC)c(O)c(OC)c1)NCC(C)(C)N1CCCCC1.I. The number of aromatic hydroxyl groups is 1. The number of nitrogens with zero attached hydrogens (tertiary/aromatic N) is 2. The van der Waals surface area contributed by atoms with E-state index < -0.39 is 0 Å². The minimum absolute atomic E-state index is 0. The molecule has 0 aliphatic carbocycles. The van der Waals surface area contributed by atoms with E-state index in [1.807, 2.05) is 0 Å². The van der Waals surface area contributed by atoms with Crippen LogP contribution in [0.1, 0.15) is 38.7 Å². The molecule has 0 saturated carbocycles. The predicted molar refractivity (Wildman–Crippen MR) is 124 cm³/mol. The van der Waals surface area contributed by atoms with Crippen molar-refractivity contribution in [2.24, 2.45) is 4.99 Å². The topological polar surface area (TPSA) is 78.4 Å². The van der Waals surface area contributed by atoms with Crippen molar-refractivity contribution in [3.63, 3.8) is 0 Å². The lowest BCUT2D eigenvalue weighted by atomic mass is 9.98. The highest BCUT2D eigenvalue weighted by Gasteiger charge is 2.27. The second kappa shape index (κ2) is 11.5. The summed E-state index contributed by atoms with van der Waals surface area (Å²) in [7, 11) is 4.81. The lowest BCUT2D eigenvalue weighted by molar-refractivity contribution is 0.0982. The van der Waals surface area contributed by atoms with Crippen molar-refractivity contribution in [3.05, 3.63) is 17.7 Å². The van der Waals surface area contributed by atoms with E-state index in [2.05, 4.69) is 34.4 Å². The van der Waals surface area contributed by atoms with Crippen LogP contribution in [0, 0.1) is 0 Å². The highest BCUT2D eigenvalue weighted by molar-refractivity contribution is 14.0. The molecule has 160 valence electrons. The van der Waals surface area contributed by atoms with Gasteiger partial charge in [-0.1, -0.05) is 6.42 Å². The zero-order valence-corrected chi connectivity index (χ0v) is 20.0. The number of guanidine groups is 1. The molecule has 1 saturated heterocycles. The summed E-state index contributed by atoms with van der Waals surface area (Å²) in [5, 5.41) is 16.8. The lowest BCUT2D eigenvalue weighted by Crippen LogP contribution is -2.54. The van der Waals surface area contributed by atoms with Crippen LogP contribution >= 0.6 is 24.0 Å². The third-order valence-electron chi connectivity index (χ3n) is 5.12. The number of likely N-dealkylation sites (tertiary alicyclic amines) is 1. The smallest absolute Gasteiger partial charge is 0.200 e. The second-order valence-corrected chi connectivity index (χ2v) is 7.49. The fourth-order valence-corrected chi connectivity index (χ4v) is 3.37. The molecule has 1 aromatic rings. The first-order chi connectivity index (χ1) is 12.9. The maximum Gasteiger partial charge on any atom is 0.200 e. The van der Waals surface area contributed by atoms with Gasteiger partial charge in [0.05, 0.1) is 14.2 Å². The number of methoxy groups -OCH3 is 2. The van der Waals surface area contributed by atoms with Crippen molar-refractivity contribution in [2.45, 2.75) is 45.2 Å². The monoisotopic (exact) mass is 506 g/mol. The molecule has 1 heterocycles. The van der Waals surface area contributed by atoms with Gasteiger partial charge in [-0.3, -0.25) is 9.89 Å². The molecule has 1 aliphatic rings. The van der Waals surface area contributed by atoms with Gasteiger partial charge in [-0.2, -0.15) is 0 Å². The molecule has 1 aromatic carbocycles. The van der Waals surface area contributed by atoms with Crippen molar-refractivity contribution >= 4 is 29.9 Å². The third-order valence-corrected chi connectivity index (χ3v) is 5.12. The van der Waals surface area contributed by atoms with Gasteiger partial charge < -0.3 is 25.2 Å². The van der Waals surface area contributed by atoms with Gasteiger partial charge in [-0.15, -0.1) is 24.0 Å². The van der Waals surface area contributed by atoms with Crippen molar-refractivity contribution in [1.29, 1.82) is 0 Å². The standard InChI is InChI=1S/C20H34N4O3.HI/c1-20(2,24-9-7-6-8-10-24)14-23-19(21-3)22-13-15-11-16(26-4)18(25)17(12-15)27-5;/h11-12,25H,6-10,13-14H2,1-5H3,(H2,21,22,23);1H. The van der Waals surface area contributed by atoms with Gasteiger partial charge in [0.15, 0.2) is 17.5 Å². The molecule has 8 heteroatoms. The molecule has 3 N–H and O–H groups in total. The lowest BCUT2D eigenvalue weighted by Gasteiger charge is -2.41. The number of nitrogens with one attached hydrogen (secondary N) is 2. The summed E-state index contributed by atoms with van der Waals surface area (Å²) in [6.07, 6.45) is 3.89. The fourth-order valence-electron chi connectivity index (χ4n) is 3.37. The van der Waals surface area contributed by atoms with Gasteiger partial charge in [0.25, 0.3) is 0 Å². The van der Waals surface area contributed by atoms with Crippen LogP contribution in [-0.4, -0.2) is 62.4 Å². The van der Waals surface area contributed by atoms with Crippen LogP contribution in [0.25, 0.3) is 0 Å². The maximum absolute atomic E-state index is 10.0. The van der Waals surface area contributed by atoms with Crippen LogP contribution in [0.5, 0.6) is 17.2 Å². The number of rotatable bonds is 7. The van der Waals surface area contributed by atoms with E-state index in [1.54, 1.807) is 19.2 Å². The Morgan fingerprint density at radius 3 is 2.18 bits per heavy atom.